The molecule has 2 nitrogen and oxygen atoms in total. The molecular formula is C12H17ClN2. The van der Waals surface area contributed by atoms with E-state index in [1.807, 2.05) is 12.1 Å². The van der Waals surface area contributed by atoms with Crippen molar-refractivity contribution in [2.75, 3.05) is 18.0 Å². The van der Waals surface area contributed by atoms with Gasteiger partial charge in [-0.15, -0.1) is 0 Å². The average molecular weight is 225 g/mol. The van der Waals surface area contributed by atoms with E-state index in [0.29, 0.717) is 12.1 Å². The third-order valence-electron chi connectivity index (χ3n) is 2.75. The van der Waals surface area contributed by atoms with Gasteiger partial charge >= 0.3 is 0 Å². The number of halogens is 1. The summed E-state index contributed by atoms with van der Waals surface area (Å²) in [5.74, 6) is 0. The van der Waals surface area contributed by atoms with Gasteiger partial charge in [-0.1, -0.05) is 11.6 Å². The van der Waals surface area contributed by atoms with E-state index in [4.69, 9.17) is 11.6 Å². The van der Waals surface area contributed by atoms with Gasteiger partial charge in [-0.25, -0.2) is 0 Å². The lowest BCUT2D eigenvalue weighted by molar-refractivity contribution is 0.407. The quantitative estimate of drug-likeness (QED) is 0.789. The molecule has 1 aliphatic heterocycles. The Kier molecular flexibility index (Phi) is 3.17. The van der Waals surface area contributed by atoms with E-state index in [2.05, 4.69) is 36.2 Å². The smallest absolute Gasteiger partial charge is 0.0407 e. The van der Waals surface area contributed by atoms with Gasteiger partial charge < -0.3 is 10.2 Å². The number of benzene rings is 1. The van der Waals surface area contributed by atoms with Crippen LogP contribution in [0.3, 0.4) is 0 Å². The average Bonchev–Trinajstić information content (AvgIpc) is 2.17. The van der Waals surface area contributed by atoms with Crippen LogP contribution in [-0.2, 0) is 0 Å². The monoisotopic (exact) mass is 224 g/mol. The molecule has 0 radical (unpaired) electrons. The van der Waals surface area contributed by atoms with Gasteiger partial charge in [-0.3, -0.25) is 0 Å². The molecule has 0 spiro atoms. The van der Waals surface area contributed by atoms with Crippen molar-refractivity contribution < 1.29 is 0 Å². The number of hydrogen-bond acceptors (Lipinski definition) is 2. The van der Waals surface area contributed by atoms with Gasteiger partial charge in [0.2, 0.25) is 0 Å². The maximum absolute atomic E-state index is 5.88. The van der Waals surface area contributed by atoms with Crippen LogP contribution in [0, 0.1) is 0 Å². The van der Waals surface area contributed by atoms with Crippen LogP contribution in [-0.4, -0.2) is 25.2 Å². The minimum atomic E-state index is 0.546. The molecule has 2 atom stereocenters. The summed E-state index contributed by atoms with van der Waals surface area (Å²) in [7, 11) is 0. The highest BCUT2D eigenvalue weighted by atomic mass is 35.5. The summed E-state index contributed by atoms with van der Waals surface area (Å²) in [5.41, 5.74) is 1.26. The van der Waals surface area contributed by atoms with Gasteiger partial charge in [0.15, 0.2) is 0 Å². The lowest BCUT2D eigenvalue weighted by Gasteiger charge is -2.37. The Morgan fingerprint density at radius 3 is 2.20 bits per heavy atom. The van der Waals surface area contributed by atoms with Crippen molar-refractivity contribution in [3.05, 3.63) is 29.3 Å². The van der Waals surface area contributed by atoms with E-state index in [-0.39, 0.29) is 0 Å². The first-order valence-corrected chi connectivity index (χ1v) is 5.79. The first-order valence-electron chi connectivity index (χ1n) is 5.41. The predicted molar refractivity (Wildman–Crippen MR) is 65.7 cm³/mol. The van der Waals surface area contributed by atoms with Crippen molar-refractivity contribution in [3.63, 3.8) is 0 Å². The minimum Gasteiger partial charge on any atom is -0.368 e. The molecule has 0 unspecified atom stereocenters. The summed E-state index contributed by atoms with van der Waals surface area (Å²) in [6.45, 7) is 6.56. The Morgan fingerprint density at radius 2 is 1.67 bits per heavy atom. The molecule has 1 heterocycles. The van der Waals surface area contributed by atoms with Crippen molar-refractivity contribution in [3.8, 4) is 0 Å². The number of nitrogens with one attached hydrogen (secondary N) is 1. The number of piperazine rings is 1. The zero-order valence-electron chi connectivity index (χ0n) is 9.20. The molecule has 1 fully saturated rings. The van der Waals surface area contributed by atoms with Gasteiger partial charge in [0.25, 0.3) is 0 Å². The minimum absolute atomic E-state index is 0.546. The van der Waals surface area contributed by atoms with Crippen molar-refractivity contribution in [2.24, 2.45) is 0 Å². The maximum atomic E-state index is 5.88. The molecule has 0 aromatic heterocycles. The van der Waals surface area contributed by atoms with Crippen LogP contribution in [0.4, 0.5) is 5.69 Å². The second-order valence-corrected chi connectivity index (χ2v) is 4.79. The molecule has 0 bridgehead atoms. The van der Waals surface area contributed by atoms with Crippen LogP contribution < -0.4 is 10.2 Å². The third-order valence-corrected chi connectivity index (χ3v) is 3.00. The van der Waals surface area contributed by atoms with Crippen molar-refractivity contribution in [1.29, 1.82) is 0 Å². The molecule has 1 aromatic rings. The highest BCUT2D eigenvalue weighted by Gasteiger charge is 2.20. The zero-order chi connectivity index (χ0) is 10.8. The fourth-order valence-corrected chi connectivity index (χ4v) is 2.32. The van der Waals surface area contributed by atoms with E-state index in [1.165, 1.54) is 5.69 Å². The maximum Gasteiger partial charge on any atom is 0.0407 e. The van der Waals surface area contributed by atoms with Crippen LogP contribution >= 0.6 is 11.6 Å². The summed E-state index contributed by atoms with van der Waals surface area (Å²) in [4.78, 5) is 2.40. The highest BCUT2D eigenvalue weighted by Crippen LogP contribution is 2.20. The van der Waals surface area contributed by atoms with Gasteiger partial charge in [0.05, 0.1) is 0 Å². The Bertz CT molecular complexity index is 313. The first kappa shape index (κ1) is 10.8. The van der Waals surface area contributed by atoms with E-state index in [9.17, 15) is 0 Å². The zero-order valence-corrected chi connectivity index (χ0v) is 9.96. The fourth-order valence-electron chi connectivity index (χ4n) is 2.19. The SMILES string of the molecule is C[C@@H]1CN(c2ccc(Cl)cc2)C[C@@H](C)N1. The Labute approximate surface area is 96.2 Å². The molecule has 1 aliphatic rings. The Hall–Kier alpha value is -0.730. The van der Waals surface area contributed by atoms with Gasteiger partial charge in [-0.05, 0) is 38.1 Å². The second kappa shape index (κ2) is 4.42. The van der Waals surface area contributed by atoms with E-state index >= 15 is 0 Å². The first-order chi connectivity index (χ1) is 7.15. The number of anilines is 1. The standard InChI is InChI=1S/C12H17ClN2/c1-9-7-15(8-10(2)14-9)12-5-3-11(13)4-6-12/h3-6,9-10,14H,7-8H2,1-2H3/t9-,10-/m1/s1. The summed E-state index contributed by atoms with van der Waals surface area (Å²) in [5, 5.41) is 4.32. The van der Waals surface area contributed by atoms with Crippen LogP contribution in [0.15, 0.2) is 24.3 Å². The lowest BCUT2D eigenvalue weighted by Crippen LogP contribution is -2.54. The van der Waals surface area contributed by atoms with Gasteiger partial charge in [0, 0.05) is 35.9 Å². The van der Waals surface area contributed by atoms with Crippen LogP contribution in [0.2, 0.25) is 5.02 Å². The number of rotatable bonds is 1. The summed E-state index contributed by atoms with van der Waals surface area (Å²) >= 11 is 5.88. The predicted octanol–water partition coefficient (Wildman–Crippen LogP) is 2.53. The molecule has 2 rings (SSSR count). The van der Waals surface area contributed by atoms with Crippen molar-refractivity contribution >= 4 is 17.3 Å². The van der Waals surface area contributed by atoms with Crippen molar-refractivity contribution in [2.45, 2.75) is 25.9 Å². The highest BCUT2D eigenvalue weighted by molar-refractivity contribution is 6.30. The topological polar surface area (TPSA) is 15.3 Å². The normalized spacial score (nSPS) is 26.7. The fraction of sp³-hybridized carbons (Fsp3) is 0.500. The summed E-state index contributed by atoms with van der Waals surface area (Å²) < 4.78 is 0. The largest absolute Gasteiger partial charge is 0.368 e. The second-order valence-electron chi connectivity index (χ2n) is 4.35. The van der Waals surface area contributed by atoms with E-state index in [1.54, 1.807) is 0 Å². The van der Waals surface area contributed by atoms with Crippen LogP contribution in [0.1, 0.15) is 13.8 Å². The molecule has 15 heavy (non-hydrogen) atoms. The molecule has 0 aliphatic carbocycles. The number of hydrogen-bond donors (Lipinski definition) is 1. The Morgan fingerprint density at radius 1 is 1.13 bits per heavy atom. The van der Waals surface area contributed by atoms with Crippen LogP contribution in [0.5, 0.6) is 0 Å². The van der Waals surface area contributed by atoms with Crippen LogP contribution in [0.25, 0.3) is 0 Å². The van der Waals surface area contributed by atoms with E-state index < -0.39 is 0 Å². The molecule has 3 heteroatoms. The molecule has 0 saturated carbocycles. The molecule has 0 amide bonds. The van der Waals surface area contributed by atoms with Crippen molar-refractivity contribution in [1.82, 2.24) is 5.32 Å². The molecule has 82 valence electrons. The Balaban J connectivity index is 2.12. The van der Waals surface area contributed by atoms with Gasteiger partial charge in [-0.2, -0.15) is 0 Å². The molecule has 1 saturated heterocycles. The molecule has 1 aromatic carbocycles. The molecular weight excluding hydrogens is 208 g/mol. The number of nitrogens with zero attached hydrogens (tertiary/aromatic N) is 1. The summed E-state index contributed by atoms with van der Waals surface area (Å²) in [6.07, 6.45) is 0. The summed E-state index contributed by atoms with van der Waals surface area (Å²) in [6, 6.07) is 9.18. The van der Waals surface area contributed by atoms with Gasteiger partial charge in [0.1, 0.15) is 0 Å². The van der Waals surface area contributed by atoms with E-state index in [0.717, 1.165) is 18.1 Å². The molecule has 1 N–H and O–H groups in total. The lowest BCUT2D eigenvalue weighted by atomic mass is 10.1. The third kappa shape index (κ3) is 2.64.